The molecule has 16 heteroatoms. The first-order valence-electron chi connectivity index (χ1n) is 11.5. The van der Waals surface area contributed by atoms with Crippen molar-refractivity contribution in [3.63, 3.8) is 0 Å². The molecule has 3 heterocycles. The number of nitrogens with two attached hydrogens (primary N) is 1. The molecule has 1 atom stereocenters. The zero-order valence-electron chi connectivity index (χ0n) is 20.6. The summed E-state index contributed by atoms with van der Waals surface area (Å²) in [6.45, 7) is 0.101. The van der Waals surface area contributed by atoms with Gasteiger partial charge in [0.05, 0.1) is 43.1 Å². The van der Waals surface area contributed by atoms with Crippen molar-refractivity contribution in [2.24, 2.45) is 10.7 Å². The molecule has 0 aliphatic carbocycles. The molecule has 0 saturated carbocycles. The molecule has 0 amide bonds. The number of nitrogens with one attached hydrogen (secondary N) is 2. The first-order valence-corrected chi connectivity index (χ1v) is 15.0. The summed E-state index contributed by atoms with van der Waals surface area (Å²) in [7, 11) is -5.96. The standard InChI is InChI=1S/C22H28F3N5O6S2/c1-35-18-11-14(38(33,34)30-6-8-36-9-7-30)3-4-15(18)21(26)12-17(27-5-10-37(2,31)32)19-16(22(23,24)25)13-28-20(19)29-21/h3-4,11-12,27H,5-10,13,26H2,1-2H3,(H,28,29). The number of alkyl halides is 3. The number of sulfone groups is 1. The number of aliphatic imine (C=N–C) groups is 1. The molecule has 0 radical (unpaired) electrons. The van der Waals surface area contributed by atoms with Gasteiger partial charge in [-0.1, -0.05) is 0 Å². The highest BCUT2D eigenvalue weighted by molar-refractivity contribution is 7.90. The van der Waals surface area contributed by atoms with Crippen LogP contribution in [0.3, 0.4) is 0 Å². The Morgan fingerprint density at radius 1 is 1.24 bits per heavy atom. The summed E-state index contributed by atoms with van der Waals surface area (Å²) in [6.07, 6.45) is -2.38. The Hall–Kier alpha value is -2.66. The van der Waals surface area contributed by atoms with Gasteiger partial charge in [0, 0.05) is 48.8 Å². The summed E-state index contributed by atoms with van der Waals surface area (Å²) < 4.78 is 103. The molecule has 11 nitrogen and oxygen atoms in total. The number of sulfonamides is 1. The number of hydrogen-bond acceptors (Lipinski definition) is 10. The van der Waals surface area contributed by atoms with Crippen LogP contribution in [0.2, 0.25) is 0 Å². The number of rotatable bonds is 8. The fourth-order valence-electron chi connectivity index (χ4n) is 4.38. The SMILES string of the molecule is COc1cc(S(=O)(=O)N2CCOCC2)ccc1C1(N)C=C(NCCS(C)(=O)=O)C2=C(C(F)(F)F)CN=C2N1. The lowest BCUT2D eigenvalue weighted by atomic mass is 9.90. The second-order valence-electron chi connectivity index (χ2n) is 9.00. The van der Waals surface area contributed by atoms with Gasteiger partial charge in [0.2, 0.25) is 10.0 Å². The molecule has 1 aromatic rings. The van der Waals surface area contributed by atoms with Gasteiger partial charge in [-0.25, -0.2) is 16.8 Å². The molecule has 4 N–H and O–H groups in total. The minimum Gasteiger partial charge on any atom is -0.496 e. The van der Waals surface area contributed by atoms with E-state index in [-0.39, 0.29) is 71.9 Å². The number of amidine groups is 1. The Morgan fingerprint density at radius 3 is 2.53 bits per heavy atom. The average Bonchev–Trinajstić information content (AvgIpc) is 3.27. The van der Waals surface area contributed by atoms with Crippen molar-refractivity contribution >= 4 is 25.7 Å². The number of halogens is 3. The van der Waals surface area contributed by atoms with E-state index in [0.717, 1.165) is 6.26 Å². The molecular formula is C22H28F3N5O6S2. The predicted octanol–water partition coefficient (Wildman–Crippen LogP) is 0.220. The van der Waals surface area contributed by atoms with Crippen LogP contribution in [0.5, 0.6) is 5.75 Å². The smallest absolute Gasteiger partial charge is 0.415 e. The normalized spacial score (nSPS) is 22.9. The van der Waals surface area contributed by atoms with Crippen molar-refractivity contribution in [2.45, 2.75) is 16.7 Å². The number of benzene rings is 1. The van der Waals surface area contributed by atoms with E-state index in [1.807, 2.05) is 0 Å². The molecule has 38 heavy (non-hydrogen) atoms. The van der Waals surface area contributed by atoms with E-state index in [9.17, 15) is 30.0 Å². The number of ether oxygens (including phenoxy) is 2. The van der Waals surface area contributed by atoms with E-state index in [2.05, 4.69) is 15.6 Å². The van der Waals surface area contributed by atoms with Gasteiger partial charge >= 0.3 is 6.18 Å². The Balaban J connectivity index is 1.77. The molecule has 4 rings (SSSR count). The molecule has 3 aliphatic heterocycles. The number of nitrogens with zero attached hydrogens (tertiary/aromatic N) is 2. The fourth-order valence-corrected chi connectivity index (χ4v) is 6.28. The van der Waals surface area contributed by atoms with Gasteiger partial charge in [-0.2, -0.15) is 17.5 Å². The van der Waals surface area contributed by atoms with E-state index in [1.165, 1.54) is 35.7 Å². The largest absolute Gasteiger partial charge is 0.496 e. The first kappa shape index (κ1) is 28.4. The molecular weight excluding hydrogens is 551 g/mol. The maximum absolute atomic E-state index is 13.7. The Bertz CT molecular complexity index is 1420. The predicted molar refractivity (Wildman–Crippen MR) is 133 cm³/mol. The maximum Gasteiger partial charge on any atom is 0.415 e. The van der Waals surface area contributed by atoms with Gasteiger partial charge < -0.3 is 25.8 Å². The van der Waals surface area contributed by atoms with Gasteiger partial charge in [-0.3, -0.25) is 4.99 Å². The van der Waals surface area contributed by atoms with Crippen LogP contribution in [0.15, 0.2) is 51.0 Å². The van der Waals surface area contributed by atoms with E-state index in [0.29, 0.717) is 0 Å². The van der Waals surface area contributed by atoms with Crippen LogP contribution in [0.4, 0.5) is 13.2 Å². The van der Waals surface area contributed by atoms with Gasteiger partial charge in [0.1, 0.15) is 27.1 Å². The Morgan fingerprint density at radius 2 is 1.92 bits per heavy atom. The van der Waals surface area contributed by atoms with Crippen LogP contribution < -0.4 is 21.1 Å². The highest BCUT2D eigenvalue weighted by atomic mass is 32.2. The lowest BCUT2D eigenvalue weighted by Crippen LogP contribution is -2.56. The molecule has 1 fully saturated rings. The Kier molecular flexibility index (Phi) is 7.57. The van der Waals surface area contributed by atoms with Crippen LogP contribution in [-0.2, 0) is 30.3 Å². The van der Waals surface area contributed by atoms with E-state index >= 15 is 0 Å². The Labute approximate surface area is 218 Å². The highest BCUT2D eigenvalue weighted by Crippen LogP contribution is 2.40. The zero-order chi connectivity index (χ0) is 27.9. The third kappa shape index (κ3) is 5.68. The number of hydrogen-bond donors (Lipinski definition) is 3. The second-order valence-corrected chi connectivity index (χ2v) is 13.2. The monoisotopic (exact) mass is 579 g/mol. The third-order valence-corrected chi connectivity index (χ3v) is 9.10. The quantitative estimate of drug-likeness (QED) is 0.393. The number of methoxy groups -OCH3 is 1. The molecule has 1 saturated heterocycles. The van der Waals surface area contributed by atoms with Crippen molar-refractivity contribution in [1.29, 1.82) is 0 Å². The molecule has 0 spiro atoms. The van der Waals surface area contributed by atoms with Gasteiger partial charge in [-0.15, -0.1) is 0 Å². The average molecular weight is 580 g/mol. The van der Waals surface area contributed by atoms with Gasteiger partial charge in [-0.05, 0) is 18.2 Å². The second kappa shape index (κ2) is 10.1. The van der Waals surface area contributed by atoms with Gasteiger partial charge in [0.15, 0.2) is 0 Å². The third-order valence-electron chi connectivity index (χ3n) is 6.26. The van der Waals surface area contributed by atoms with Crippen LogP contribution in [0.25, 0.3) is 0 Å². The fraction of sp³-hybridized carbons (Fsp3) is 0.500. The number of morpholine rings is 1. The molecule has 1 unspecified atom stereocenters. The highest BCUT2D eigenvalue weighted by Gasteiger charge is 2.45. The molecule has 0 bridgehead atoms. The van der Waals surface area contributed by atoms with Crippen molar-refractivity contribution in [3.05, 3.63) is 46.7 Å². The maximum atomic E-state index is 13.7. The zero-order valence-corrected chi connectivity index (χ0v) is 22.3. The summed E-state index contributed by atoms with van der Waals surface area (Å²) >= 11 is 0. The molecule has 1 aromatic carbocycles. The van der Waals surface area contributed by atoms with Crippen molar-refractivity contribution < 1.29 is 39.5 Å². The minimum absolute atomic E-state index is 0.0481. The summed E-state index contributed by atoms with van der Waals surface area (Å²) in [4.78, 5) is 3.94. The van der Waals surface area contributed by atoms with E-state index < -0.39 is 43.8 Å². The van der Waals surface area contributed by atoms with E-state index in [4.69, 9.17) is 15.2 Å². The van der Waals surface area contributed by atoms with Crippen molar-refractivity contribution in [3.8, 4) is 5.75 Å². The van der Waals surface area contributed by atoms with Crippen LogP contribution in [-0.4, -0.2) is 91.7 Å². The van der Waals surface area contributed by atoms with Gasteiger partial charge in [0.25, 0.3) is 0 Å². The van der Waals surface area contributed by atoms with Crippen molar-refractivity contribution in [2.75, 3.05) is 58.5 Å². The topological polar surface area (TPSA) is 152 Å². The van der Waals surface area contributed by atoms with Crippen LogP contribution >= 0.6 is 0 Å². The van der Waals surface area contributed by atoms with Crippen molar-refractivity contribution in [1.82, 2.24) is 14.9 Å². The molecule has 3 aliphatic rings. The van der Waals surface area contributed by atoms with E-state index in [1.54, 1.807) is 0 Å². The lowest BCUT2D eigenvalue weighted by Gasteiger charge is -2.36. The summed E-state index contributed by atoms with van der Waals surface area (Å²) in [6, 6.07) is 4.05. The van der Waals surface area contributed by atoms with Crippen LogP contribution in [0, 0.1) is 0 Å². The summed E-state index contributed by atoms with van der Waals surface area (Å²) in [5, 5.41) is 5.58. The number of fused-ring (bicyclic) bond motifs is 1. The van der Waals surface area contributed by atoms with Crippen LogP contribution in [0.1, 0.15) is 5.56 Å². The minimum atomic E-state index is -4.68. The first-order chi connectivity index (χ1) is 17.7. The molecule has 210 valence electrons. The lowest BCUT2D eigenvalue weighted by molar-refractivity contribution is -0.0922. The summed E-state index contributed by atoms with van der Waals surface area (Å²) in [5.41, 5.74) is 3.97. The molecule has 0 aromatic heterocycles. The summed E-state index contributed by atoms with van der Waals surface area (Å²) in [5.74, 6) is -0.382.